The Bertz CT molecular complexity index is 3610. The summed E-state index contributed by atoms with van der Waals surface area (Å²) >= 11 is 0. The van der Waals surface area contributed by atoms with Crippen molar-refractivity contribution in [3.8, 4) is 0 Å². The Balaban J connectivity index is 0.997. The fraction of sp³-hybridized carbons (Fsp3) is 0.927. The Morgan fingerprint density at radius 1 is 0.278 bits per heavy atom. The Hall–Kier alpha value is -4.43. The zero-order chi connectivity index (χ0) is 105. The zero-order valence-corrected chi connectivity index (χ0v) is 83.8. The van der Waals surface area contributed by atoms with E-state index in [0.29, 0.717) is 12.8 Å². The van der Waals surface area contributed by atoms with Gasteiger partial charge in [-0.3, -0.25) is 24.0 Å². The number of amides is 5. The first-order chi connectivity index (χ1) is 69.0. The second kappa shape index (κ2) is 65.2. The molecule has 838 valence electrons. The van der Waals surface area contributed by atoms with Crippen LogP contribution in [-0.2, 0) is 99.8 Å². The van der Waals surface area contributed by atoms with Gasteiger partial charge in [0.2, 0.25) is 29.5 Å². The van der Waals surface area contributed by atoms with Crippen molar-refractivity contribution < 1.29 is 212 Å². The van der Waals surface area contributed by atoms with E-state index in [0.717, 1.165) is 85.5 Å². The Morgan fingerprint density at radius 3 is 0.917 bits per heavy atom. The third kappa shape index (κ3) is 36.9. The smallest absolute Gasteiger partial charge is 0.220 e. The first-order valence-electron chi connectivity index (χ1n) is 52.0. The number of carbonyl (C=O) groups excluding carboxylic acids is 5. The molecule has 0 aromatic heterocycles. The predicted molar refractivity (Wildman–Crippen MR) is 501 cm³/mol. The second-order valence-corrected chi connectivity index (χ2v) is 39.2. The van der Waals surface area contributed by atoms with Crippen molar-refractivity contribution in [1.29, 1.82) is 0 Å². The molecule has 0 aliphatic carbocycles. The summed E-state index contributed by atoms with van der Waals surface area (Å²) in [6, 6.07) is -8.57. The fourth-order valence-corrected chi connectivity index (χ4v) is 19.5. The van der Waals surface area contributed by atoms with Crippen LogP contribution >= 0.6 is 0 Å². The molecule has 48 nitrogen and oxygen atoms in total. The van der Waals surface area contributed by atoms with Gasteiger partial charge in [-0.25, -0.2) is 0 Å². The molecule has 8 rings (SSSR count). The molecule has 0 aromatic rings. The minimum Gasteiger partial charge on any atom is -0.394 e. The van der Waals surface area contributed by atoms with Gasteiger partial charge in [-0.05, 0) is 19.3 Å². The lowest BCUT2D eigenvalue weighted by molar-refractivity contribution is -0.389. The molecular weight excluding hydrogens is 1910 g/mol. The van der Waals surface area contributed by atoms with E-state index in [-0.39, 0.29) is 12.3 Å². The summed E-state index contributed by atoms with van der Waals surface area (Å²) in [5.74, 6) is -4.00. The van der Waals surface area contributed by atoms with E-state index in [9.17, 15) is 136 Å². The number of aliphatic hydroxyl groups is 22. The van der Waals surface area contributed by atoms with Gasteiger partial charge in [-0.1, -0.05) is 206 Å². The lowest BCUT2D eigenvalue weighted by Crippen LogP contribution is -2.71. The Kier molecular flexibility index (Phi) is 56.5. The van der Waals surface area contributed by atoms with E-state index >= 15 is 0 Å². The van der Waals surface area contributed by atoms with Gasteiger partial charge in [0.25, 0.3) is 0 Å². The molecule has 8 heterocycles. The van der Waals surface area contributed by atoms with Crippen LogP contribution in [0.15, 0.2) is 12.2 Å². The highest BCUT2D eigenvalue weighted by Crippen LogP contribution is 2.40. The van der Waals surface area contributed by atoms with Gasteiger partial charge in [0.05, 0.1) is 71.6 Å². The number of allylic oxidation sites excluding steroid dienone is 1. The van der Waals surface area contributed by atoms with Crippen molar-refractivity contribution in [3.05, 3.63) is 12.2 Å². The molecule has 5 amide bonds. The molecule has 144 heavy (non-hydrogen) atoms. The summed E-state index contributed by atoms with van der Waals surface area (Å²) in [5, 5.41) is 264. The lowest BCUT2D eigenvalue weighted by atomic mass is 9.93. The second-order valence-electron chi connectivity index (χ2n) is 39.2. The van der Waals surface area contributed by atoms with Crippen LogP contribution in [0.5, 0.6) is 0 Å². The maximum Gasteiger partial charge on any atom is 0.220 e. The average molecular weight is 2080 g/mol. The van der Waals surface area contributed by atoms with Crippen LogP contribution in [0.4, 0.5) is 0 Å². The molecule has 0 aromatic carbocycles. The van der Waals surface area contributed by atoms with Crippen LogP contribution in [-0.4, -0.2) is 459 Å². The molecule has 0 saturated carbocycles. The van der Waals surface area contributed by atoms with Crippen molar-refractivity contribution in [2.75, 3.05) is 59.5 Å². The summed E-state index contributed by atoms with van der Waals surface area (Å²) in [6.45, 7) is -0.701. The molecule has 0 spiro atoms. The van der Waals surface area contributed by atoms with Crippen LogP contribution < -0.4 is 26.6 Å². The van der Waals surface area contributed by atoms with Gasteiger partial charge in [-0.15, -0.1) is 0 Å². The third-order valence-corrected chi connectivity index (χ3v) is 27.7. The van der Waals surface area contributed by atoms with Crippen molar-refractivity contribution in [3.63, 3.8) is 0 Å². The predicted octanol–water partition coefficient (Wildman–Crippen LogP) is -4.93. The van der Waals surface area contributed by atoms with Gasteiger partial charge in [0, 0.05) is 34.1 Å². The molecular formula is C96H171N5O43. The highest BCUT2D eigenvalue weighted by molar-refractivity contribution is 5.76. The Labute approximate surface area is 841 Å². The van der Waals surface area contributed by atoms with Crippen molar-refractivity contribution >= 4 is 29.5 Å². The van der Waals surface area contributed by atoms with Crippen molar-refractivity contribution in [2.45, 2.75) is 505 Å². The molecule has 0 radical (unpaired) electrons. The van der Waals surface area contributed by atoms with Gasteiger partial charge < -0.3 is 215 Å². The number of unbranched alkanes of at least 4 members (excludes halogenated alkanes) is 29. The minimum atomic E-state index is -2.54. The van der Waals surface area contributed by atoms with Gasteiger partial charge in [-0.2, -0.15) is 0 Å². The van der Waals surface area contributed by atoms with Crippen molar-refractivity contribution in [2.24, 2.45) is 0 Å². The van der Waals surface area contributed by atoms with Crippen LogP contribution in [0.25, 0.3) is 0 Å². The largest absolute Gasteiger partial charge is 0.394 e. The molecule has 8 fully saturated rings. The van der Waals surface area contributed by atoms with Crippen LogP contribution in [0, 0.1) is 0 Å². The van der Waals surface area contributed by atoms with Gasteiger partial charge >= 0.3 is 0 Å². The number of rotatable bonds is 64. The topological polar surface area (TPSA) is 738 Å². The number of hydrogen-bond acceptors (Lipinski definition) is 43. The fourth-order valence-electron chi connectivity index (χ4n) is 19.5. The monoisotopic (exact) mass is 2080 g/mol. The van der Waals surface area contributed by atoms with Gasteiger partial charge in [0.1, 0.15) is 195 Å². The molecule has 42 atom stereocenters. The molecule has 27 N–H and O–H groups in total. The maximum atomic E-state index is 13.7. The number of carbonyl (C=O) groups is 5. The number of hydrogen-bond donors (Lipinski definition) is 27. The van der Waals surface area contributed by atoms with Crippen LogP contribution in [0.1, 0.15) is 247 Å². The summed E-state index contributed by atoms with van der Waals surface area (Å²) < 4.78 is 96.9. The van der Waals surface area contributed by atoms with Crippen LogP contribution in [0.2, 0.25) is 0 Å². The van der Waals surface area contributed by atoms with E-state index < -0.39 is 341 Å². The van der Waals surface area contributed by atoms with Crippen molar-refractivity contribution in [1.82, 2.24) is 26.6 Å². The Morgan fingerprint density at radius 2 is 0.556 bits per heavy atom. The normalized spacial score (nSPS) is 37.9. The summed E-state index contributed by atoms with van der Waals surface area (Å²) in [5.41, 5.74) is 0. The number of nitrogens with one attached hydrogen (secondary N) is 5. The van der Waals surface area contributed by atoms with Crippen LogP contribution in [0.3, 0.4) is 0 Å². The molecule has 8 aliphatic rings. The average Bonchev–Trinajstić information content (AvgIpc) is 0.580. The van der Waals surface area contributed by atoms with E-state index in [2.05, 4.69) is 40.4 Å². The zero-order valence-electron chi connectivity index (χ0n) is 83.8. The quantitative estimate of drug-likeness (QED) is 0.0200. The minimum absolute atomic E-state index is 0.133. The van der Waals surface area contributed by atoms with E-state index in [1.807, 2.05) is 6.08 Å². The van der Waals surface area contributed by atoms with E-state index in [1.165, 1.54) is 128 Å². The molecule has 8 aliphatic heterocycles. The van der Waals surface area contributed by atoms with E-state index in [1.54, 1.807) is 6.08 Å². The number of aliphatic hydroxyl groups excluding tert-OH is 22. The summed E-state index contributed by atoms with van der Waals surface area (Å²) in [4.78, 5) is 65.8. The molecule has 16 unspecified atom stereocenters. The third-order valence-electron chi connectivity index (χ3n) is 27.7. The van der Waals surface area contributed by atoms with Gasteiger partial charge in [0.15, 0.2) is 50.3 Å². The summed E-state index contributed by atoms with van der Waals surface area (Å²) in [6.07, 6.45) is -36.5. The lowest BCUT2D eigenvalue weighted by Gasteiger charge is -2.51. The number of ether oxygens (including phenoxy) is 16. The standard InChI is InChI=1S/C96H171N5O43/c1-7-9-11-13-15-17-19-21-22-23-24-25-26-28-30-32-34-36-38-40-64(114)101-54(55(113)39-37-35-33-31-29-27-20-18-16-14-12-10-8-2)48-129-93-79(125)78(124)83(62(47-108)137-93)139-94-80(126)87(74(120)60(45-106)135-94)143-91-68(100-53(6)112)85(72(118)59(44-105)133-91)141-96-82(128)88(75(121)63(138-96)49-130-89-65(97-50(3)109)76(122)69(115)56(41-102)131-89)144-92-67(99-52(5)111)84(71(117)58(43-104)134-92)140-95-81(127)86(73(119)61(46-107)136-95)142-90-66(98-51(4)110)77(123)70(116)57(42-103)132-90/h37,39,54-63,65-96,102-108,113,115-128H,7-36,38,40-49H2,1-6H3,(H,97,109)(H,98,110)(H,99,111)(H,100,112)(H,101,114)/b39-37+/t54-,55+,56?,57?,58?,59?,60?,61?,62?,63?,65?,66?,67?,68?,69+,70-,71+,72+,73-,74-,75-,76+,77+,78+,79?,80?,81?,82?,83+,84+,85+,86-,87-,88-,89+,90+,91-,92-,93+,94-,95-,96-/m0/s1. The SMILES string of the molecule is CCCCCCCCCCCCC/C=C/[C@@H](O)[C@H](CO[C@@H]1OC(CO)[C@@H](O[C@@H]2OC(CO)[C@H](O)[C@H](O[C@@H]3OC(CO)[C@@H](O)[C@H](O[C@@H]4OC(CO[C@@H]5OC(CO)[C@@H](O)[C@H](O)C5NC(C)=O)[C@H](O)[C@H](O[C@@H]5OC(CO)[C@@H](O)[C@H](O[C@@H]6OC(CO)[C@H](O)[C@H](O[C@H]7OC(CO)[C@H](O)[C@H](O)C7NC(C)=O)C6O)C5NC(C)=O)C4O)C3NC(C)=O)C2O)[C@H](O)C1O)NC(=O)CCCCCCCCCCCCCCCCCCCCC. The molecule has 0 bridgehead atoms. The highest BCUT2D eigenvalue weighted by atomic mass is 16.8. The first-order valence-corrected chi connectivity index (χ1v) is 52.0. The summed E-state index contributed by atoms with van der Waals surface area (Å²) in [7, 11) is 0. The first kappa shape index (κ1) is 125. The highest BCUT2D eigenvalue weighted by Gasteiger charge is 2.61. The molecule has 48 heteroatoms. The maximum absolute atomic E-state index is 13.7. The molecule has 8 saturated heterocycles. The van der Waals surface area contributed by atoms with E-state index in [4.69, 9.17) is 75.8 Å².